The molecule has 0 saturated heterocycles. The molecule has 0 radical (unpaired) electrons. The van der Waals surface area contributed by atoms with E-state index in [4.69, 9.17) is 4.74 Å². The summed E-state index contributed by atoms with van der Waals surface area (Å²) >= 11 is 0. The molecule has 3 aromatic rings. The van der Waals surface area contributed by atoms with E-state index in [9.17, 15) is 4.79 Å². The number of hydrogen-bond acceptors (Lipinski definition) is 3. The van der Waals surface area contributed by atoms with Crippen LogP contribution in [-0.4, -0.2) is 15.5 Å². The molecule has 1 heterocycles. The topological polar surface area (TPSA) is 56.2 Å². The first-order chi connectivity index (χ1) is 11.2. The molecular weight excluding hydrogens is 290 g/mol. The minimum atomic E-state index is -0.200. The zero-order valence-corrected chi connectivity index (χ0v) is 12.8. The van der Waals surface area contributed by atoms with Gasteiger partial charge in [-0.3, -0.25) is 10.1 Å². The fourth-order valence-electron chi connectivity index (χ4n) is 2.10. The third-order valence-electron chi connectivity index (χ3n) is 3.41. The van der Waals surface area contributed by atoms with Crippen LogP contribution in [0, 0.1) is 0 Å². The number of nitrogens with one attached hydrogen (secondary N) is 1. The molecule has 1 aromatic heterocycles. The van der Waals surface area contributed by atoms with E-state index in [-0.39, 0.29) is 5.91 Å². The van der Waals surface area contributed by atoms with Crippen LogP contribution >= 0.6 is 0 Å². The molecule has 1 N–H and O–H groups in total. The third kappa shape index (κ3) is 3.77. The van der Waals surface area contributed by atoms with Gasteiger partial charge in [-0.1, -0.05) is 30.3 Å². The molecular formula is C18H17N3O2. The van der Waals surface area contributed by atoms with Crippen molar-refractivity contribution in [2.45, 2.75) is 6.61 Å². The van der Waals surface area contributed by atoms with Crippen molar-refractivity contribution in [3.63, 3.8) is 0 Å². The van der Waals surface area contributed by atoms with Crippen molar-refractivity contribution in [2.75, 3.05) is 5.32 Å². The molecule has 0 aliphatic heterocycles. The van der Waals surface area contributed by atoms with E-state index >= 15 is 0 Å². The number of amides is 1. The van der Waals surface area contributed by atoms with Crippen molar-refractivity contribution >= 4 is 11.9 Å². The Hall–Kier alpha value is -3.08. The Bertz CT molecular complexity index is 780. The molecule has 0 aliphatic rings. The summed E-state index contributed by atoms with van der Waals surface area (Å²) in [5.74, 6) is 1.04. The molecule has 0 spiro atoms. The van der Waals surface area contributed by atoms with Crippen LogP contribution in [0.2, 0.25) is 0 Å². The lowest BCUT2D eigenvalue weighted by atomic mass is 10.2. The van der Waals surface area contributed by atoms with Gasteiger partial charge in [-0.25, -0.2) is 4.98 Å². The predicted molar refractivity (Wildman–Crippen MR) is 88.4 cm³/mol. The molecule has 5 heteroatoms. The van der Waals surface area contributed by atoms with Crippen molar-refractivity contribution < 1.29 is 9.53 Å². The highest BCUT2D eigenvalue weighted by Crippen LogP contribution is 2.15. The summed E-state index contributed by atoms with van der Waals surface area (Å²) in [5, 5.41) is 2.76. The SMILES string of the molecule is Cn1ccnc1NC(=O)c1ccc(OCc2ccccc2)cc1. The predicted octanol–water partition coefficient (Wildman–Crippen LogP) is 3.25. The number of nitrogens with zero attached hydrogens (tertiary/aromatic N) is 2. The molecule has 0 aliphatic carbocycles. The molecule has 0 saturated carbocycles. The smallest absolute Gasteiger partial charge is 0.257 e. The molecule has 3 rings (SSSR count). The number of aromatic nitrogens is 2. The van der Waals surface area contributed by atoms with Gasteiger partial charge < -0.3 is 9.30 Å². The van der Waals surface area contributed by atoms with E-state index in [0.29, 0.717) is 18.1 Å². The Morgan fingerprint density at radius 1 is 1.13 bits per heavy atom. The highest BCUT2D eigenvalue weighted by Gasteiger charge is 2.08. The van der Waals surface area contributed by atoms with Gasteiger partial charge in [-0.15, -0.1) is 0 Å². The molecule has 1 amide bonds. The Balaban J connectivity index is 1.60. The number of benzene rings is 2. The van der Waals surface area contributed by atoms with Crippen LogP contribution in [0.25, 0.3) is 0 Å². The highest BCUT2D eigenvalue weighted by atomic mass is 16.5. The normalized spacial score (nSPS) is 10.3. The molecule has 116 valence electrons. The van der Waals surface area contributed by atoms with E-state index in [1.807, 2.05) is 37.4 Å². The second-order valence-corrected chi connectivity index (χ2v) is 5.11. The summed E-state index contributed by atoms with van der Waals surface area (Å²) in [5.41, 5.74) is 1.66. The number of imidazole rings is 1. The maximum atomic E-state index is 12.1. The average Bonchev–Trinajstić information content (AvgIpc) is 2.99. The van der Waals surface area contributed by atoms with Gasteiger partial charge in [0.2, 0.25) is 5.95 Å². The van der Waals surface area contributed by atoms with Crippen molar-refractivity contribution in [1.29, 1.82) is 0 Å². The van der Waals surface area contributed by atoms with E-state index in [1.54, 1.807) is 41.2 Å². The number of anilines is 1. The van der Waals surface area contributed by atoms with E-state index in [1.165, 1.54) is 0 Å². The molecule has 0 fully saturated rings. The van der Waals surface area contributed by atoms with Crippen LogP contribution in [0.5, 0.6) is 5.75 Å². The number of aryl methyl sites for hydroxylation is 1. The van der Waals surface area contributed by atoms with Crippen LogP contribution < -0.4 is 10.1 Å². The number of rotatable bonds is 5. The standard InChI is InChI=1S/C18H17N3O2/c1-21-12-11-19-18(21)20-17(22)15-7-9-16(10-8-15)23-13-14-5-3-2-4-6-14/h2-12H,13H2,1H3,(H,19,20,22). The van der Waals surface area contributed by atoms with E-state index < -0.39 is 0 Å². The number of ether oxygens (including phenoxy) is 1. The van der Waals surface area contributed by atoms with Crippen LogP contribution in [0.3, 0.4) is 0 Å². The first kappa shape index (κ1) is 14.8. The fraction of sp³-hybridized carbons (Fsp3) is 0.111. The molecule has 23 heavy (non-hydrogen) atoms. The Kier molecular flexibility index (Phi) is 4.38. The number of hydrogen-bond donors (Lipinski definition) is 1. The van der Waals surface area contributed by atoms with Gasteiger partial charge in [-0.2, -0.15) is 0 Å². The van der Waals surface area contributed by atoms with E-state index in [0.717, 1.165) is 11.3 Å². The summed E-state index contributed by atoms with van der Waals surface area (Å²) < 4.78 is 7.45. The lowest BCUT2D eigenvalue weighted by Crippen LogP contribution is -2.14. The Labute approximate surface area is 134 Å². The van der Waals surface area contributed by atoms with Crippen molar-refractivity contribution in [3.8, 4) is 5.75 Å². The summed E-state index contributed by atoms with van der Waals surface area (Å²) in [6.45, 7) is 0.500. The molecule has 0 bridgehead atoms. The first-order valence-corrected chi connectivity index (χ1v) is 7.28. The van der Waals surface area contributed by atoms with E-state index in [2.05, 4.69) is 10.3 Å². The minimum absolute atomic E-state index is 0.200. The summed E-state index contributed by atoms with van der Waals surface area (Å²) in [7, 11) is 1.82. The number of carbonyl (C=O) groups excluding carboxylic acids is 1. The third-order valence-corrected chi connectivity index (χ3v) is 3.41. The van der Waals surface area contributed by atoms with Crippen molar-refractivity contribution in [2.24, 2.45) is 7.05 Å². The molecule has 5 nitrogen and oxygen atoms in total. The van der Waals surface area contributed by atoms with Gasteiger partial charge in [0.1, 0.15) is 12.4 Å². The second kappa shape index (κ2) is 6.79. The minimum Gasteiger partial charge on any atom is -0.489 e. The largest absolute Gasteiger partial charge is 0.489 e. The number of carbonyl (C=O) groups is 1. The maximum absolute atomic E-state index is 12.1. The van der Waals surface area contributed by atoms with Crippen molar-refractivity contribution in [3.05, 3.63) is 78.1 Å². The van der Waals surface area contributed by atoms with Crippen molar-refractivity contribution in [1.82, 2.24) is 9.55 Å². The maximum Gasteiger partial charge on any atom is 0.257 e. The Morgan fingerprint density at radius 2 is 1.87 bits per heavy atom. The second-order valence-electron chi connectivity index (χ2n) is 5.11. The lowest BCUT2D eigenvalue weighted by molar-refractivity contribution is 0.102. The first-order valence-electron chi connectivity index (χ1n) is 7.28. The van der Waals surface area contributed by atoms with Gasteiger partial charge >= 0.3 is 0 Å². The highest BCUT2D eigenvalue weighted by molar-refractivity contribution is 6.03. The van der Waals surface area contributed by atoms with Crippen LogP contribution in [0.15, 0.2) is 67.0 Å². The summed E-state index contributed by atoms with van der Waals surface area (Å²) in [6, 6.07) is 17.0. The van der Waals surface area contributed by atoms with Gasteiger partial charge in [0.15, 0.2) is 0 Å². The zero-order valence-electron chi connectivity index (χ0n) is 12.8. The average molecular weight is 307 g/mol. The van der Waals surface area contributed by atoms with Gasteiger partial charge in [0, 0.05) is 25.0 Å². The molecule has 2 aromatic carbocycles. The summed E-state index contributed by atoms with van der Waals surface area (Å²) in [4.78, 5) is 16.2. The van der Waals surface area contributed by atoms with Crippen LogP contribution in [-0.2, 0) is 13.7 Å². The van der Waals surface area contributed by atoms with Gasteiger partial charge in [0.25, 0.3) is 5.91 Å². The van der Waals surface area contributed by atoms with Crippen LogP contribution in [0.1, 0.15) is 15.9 Å². The lowest BCUT2D eigenvalue weighted by Gasteiger charge is -2.08. The van der Waals surface area contributed by atoms with Gasteiger partial charge in [-0.05, 0) is 29.8 Å². The monoisotopic (exact) mass is 307 g/mol. The fourth-order valence-corrected chi connectivity index (χ4v) is 2.10. The Morgan fingerprint density at radius 3 is 2.52 bits per heavy atom. The molecule has 0 unspecified atom stereocenters. The zero-order chi connectivity index (χ0) is 16.1. The quantitative estimate of drug-likeness (QED) is 0.787. The molecule has 0 atom stereocenters. The summed E-state index contributed by atoms with van der Waals surface area (Å²) in [6.07, 6.45) is 3.41. The van der Waals surface area contributed by atoms with Gasteiger partial charge in [0.05, 0.1) is 0 Å². The van der Waals surface area contributed by atoms with Crippen LogP contribution in [0.4, 0.5) is 5.95 Å².